The van der Waals surface area contributed by atoms with Gasteiger partial charge in [-0.15, -0.1) is 0 Å². The maximum absolute atomic E-state index is 12.1. The van der Waals surface area contributed by atoms with E-state index in [2.05, 4.69) is 38.4 Å². The number of hydrogen-bond acceptors (Lipinski definition) is 4. The molecule has 0 heterocycles. The lowest BCUT2D eigenvalue weighted by Crippen LogP contribution is -2.22. The zero-order chi connectivity index (χ0) is 18.2. The van der Waals surface area contributed by atoms with E-state index < -0.39 is 5.91 Å². The molecule has 25 heavy (non-hydrogen) atoms. The zero-order valence-corrected chi connectivity index (χ0v) is 16.0. The van der Waals surface area contributed by atoms with Crippen LogP contribution in [-0.2, 0) is 4.79 Å². The van der Waals surface area contributed by atoms with E-state index >= 15 is 0 Å². The average molecular weight is 451 g/mol. The van der Waals surface area contributed by atoms with E-state index in [1.165, 1.54) is 7.11 Å². The molecule has 2 aromatic rings. The Labute approximate surface area is 159 Å². The van der Waals surface area contributed by atoms with Gasteiger partial charge in [0, 0.05) is 15.0 Å². The number of nitrogens with zero attached hydrogens (tertiary/aromatic N) is 1. The van der Waals surface area contributed by atoms with E-state index in [-0.39, 0.29) is 12.3 Å². The van der Waals surface area contributed by atoms with Crippen molar-refractivity contribution in [3.05, 3.63) is 57.7 Å². The number of hydrazone groups is 1. The molecule has 0 aliphatic rings. The van der Waals surface area contributed by atoms with E-state index in [0.29, 0.717) is 17.0 Å². The third kappa shape index (κ3) is 5.86. The van der Waals surface area contributed by atoms with Crippen LogP contribution in [0.2, 0.25) is 0 Å². The Morgan fingerprint density at radius 3 is 2.64 bits per heavy atom. The molecular formula is C18H18IN3O3. The van der Waals surface area contributed by atoms with Crippen molar-refractivity contribution in [1.82, 2.24) is 5.43 Å². The number of nitrogens with one attached hydrogen (secondary N) is 2. The molecular weight excluding hydrogens is 433 g/mol. The van der Waals surface area contributed by atoms with Gasteiger partial charge in [-0.05, 0) is 59.8 Å². The number of carbonyl (C=O) groups is 2. The van der Waals surface area contributed by atoms with Crippen LogP contribution in [0.25, 0.3) is 0 Å². The molecule has 0 aromatic heterocycles. The van der Waals surface area contributed by atoms with Crippen LogP contribution in [0.1, 0.15) is 23.7 Å². The van der Waals surface area contributed by atoms with Crippen molar-refractivity contribution in [1.29, 1.82) is 0 Å². The van der Waals surface area contributed by atoms with Gasteiger partial charge in [-0.3, -0.25) is 9.59 Å². The van der Waals surface area contributed by atoms with Crippen LogP contribution in [0, 0.1) is 3.57 Å². The Hall–Kier alpha value is -2.42. The number of hydrogen-bond donors (Lipinski definition) is 2. The molecule has 130 valence electrons. The van der Waals surface area contributed by atoms with Gasteiger partial charge in [-0.1, -0.05) is 18.2 Å². The molecule has 2 amide bonds. The van der Waals surface area contributed by atoms with Crippen LogP contribution in [0.4, 0.5) is 5.69 Å². The number of anilines is 1. The molecule has 0 saturated carbocycles. The predicted octanol–water partition coefficient (Wildman–Crippen LogP) is 3.43. The summed E-state index contributed by atoms with van der Waals surface area (Å²) in [6.45, 7) is 1.68. The van der Waals surface area contributed by atoms with Crippen molar-refractivity contribution in [3.63, 3.8) is 0 Å². The molecule has 0 aliphatic heterocycles. The molecule has 7 heteroatoms. The maximum Gasteiger partial charge on any atom is 0.275 e. The predicted molar refractivity (Wildman–Crippen MR) is 106 cm³/mol. The standard InChI is InChI=1S/C18H18IN3O3/c1-12(10-17(23)20-14-7-5-6-13(19)11-14)21-22-18(24)15-8-3-4-9-16(15)25-2/h3-9,11H,10H2,1-2H3,(H,20,23)(H,22,24)/b21-12+. The van der Waals surface area contributed by atoms with Crippen molar-refractivity contribution < 1.29 is 14.3 Å². The molecule has 2 N–H and O–H groups in total. The van der Waals surface area contributed by atoms with E-state index in [1.54, 1.807) is 31.2 Å². The molecule has 0 atom stereocenters. The first-order chi connectivity index (χ1) is 12.0. The fraction of sp³-hybridized carbons (Fsp3) is 0.167. The van der Waals surface area contributed by atoms with E-state index in [4.69, 9.17) is 4.74 Å². The molecule has 6 nitrogen and oxygen atoms in total. The highest BCUT2D eigenvalue weighted by Crippen LogP contribution is 2.16. The van der Waals surface area contributed by atoms with Crippen LogP contribution < -0.4 is 15.5 Å². The van der Waals surface area contributed by atoms with E-state index in [0.717, 1.165) is 9.26 Å². The maximum atomic E-state index is 12.1. The molecule has 2 aromatic carbocycles. The summed E-state index contributed by atoms with van der Waals surface area (Å²) in [7, 11) is 1.50. The van der Waals surface area contributed by atoms with Gasteiger partial charge in [-0.2, -0.15) is 5.10 Å². The molecule has 0 aliphatic carbocycles. The average Bonchev–Trinajstić information content (AvgIpc) is 2.59. The molecule has 0 fully saturated rings. The Balaban J connectivity index is 1.92. The minimum atomic E-state index is -0.394. The topological polar surface area (TPSA) is 79.8 Å². The number of methoxy groups -OCH3 is 1. The summed E-state index contributed by atoms with van der Waals surface area (Å²) in [4.78, 5) is 24.2. The third-order valence-corrected chi connectivity index (χ3v) is 3.90. The van der Waals surface area contributed by atoms with Gasteiger partial charge in [-0.25, -0.2) is 5.43 Å². The van der Waals surface area contributed by atoms with E-state index in [9.17, 15) is 9.59 Å². The minimum Gasteiger partial charge on any atom is -0.496 e. The number of para-hydroxylation sites is 1. The van der Waals surface area contributed by atoms with Crippen molar-refractivity contribution in [3.8, 4) is 5.75 Å². The first kappa shape index (κ1) is 18.9. The number of ether oxygens (including phenoxy) is 1. The highest BCUT2D eigenvalue weighted by molar-refractivity contribution is 14.1. The summed E-state index contributed by atoms with van der Waals surface area (Å²) in [6.07, 6.45) is 0.0810. The smallest absolute Gasteiger partial charge is 0.275 e. The molecule has 0 unspecified atom stereocenters. The lowest BCUT2D eigenvalue weighted by molar-refractivity contribution is -0.115. The van der Waals surface area contributed by atoms with Crippen LogP contribution in [-0.4, -0.2) is 24.6 Å². The van der Waals surface area contributed by atoms with Crippen molar-refractivity contribution in [2.75, 3.05) is 12.4 Å². The summed E-state index contributed by atoms with van der Waals surface area (Å²) in [6, 6.07) is 14.3. The Kier molecular flexibility index (Phi) is 6.93. The highest BCUT2D eigenvalue weighted by Gasteiger charge is 2.11. The van der Waals surface area contributed by atoms with Crippen molar-refractivity contribution in [2.45, 2.75) is 13.3 Å². The van der Waals surface area contributed by atoms with Gasteiger partial charge >= 0.3 is 0 Å². The Bertz CT molecular complexity index is 806. The monoisotopic (exact) mass is 451 g/mol. The Morgan fingerprint density at radius 2 is 1.92 bits per heavy atom. The third-order valence-electron chi connectivity index (χ3n) is 3.22. The first-order valence-corrected chi connectivity index (χ1v) is 8.59. The summed E-state index contributed by atoms with van der Waals surface area (Å²) in [5.41, 5.74) is 4.04. The molecule has 0 radical (unpaired) electrons. The summed E-state index contributed by atoms with van der Waals surface area (Å²) in [5.74, 6) is -0.131. The Morgan fingerprint density at radius 1 is 1.16 bits per heavy atom. The second kappa shape index (κ2) is 9.16. The second-order valence-electron chi connectivity index (χ2n) is 5.22. The van der Waals surface area contributed by atoms with Crippen LogP contribution in [0.3, 0.4) is 0 Å². The normalized spacial score (nSPS) is 10.9. The minimum absolute atomic E-state index is 0.0810. The molecule has 0 saturated heterocycles. The van der Waals surface area contributed by atoms with E-state index in [1.807, 2.05) is 24.3 Å². The summed E-state index contributed by atoms with van der Waals surface area (Å²) >= 11 is 2.18. The number of rotatable bonds is 6. The summed E-state index contributed by atoms with van der Waals surface area (Å²) in [5, 5.41) is 6.77. The van der Waals surface area contributed by atoms with Crippen LogP contribution in [0.15, 0.2) is 53.6 Å². The molecule has 2 rings (SSSR count). The molecule has 0 bridgehead atoms. The van der Waals surface area contributed by atoms with Crippen molar-refractivity contribution >= 4 is 45.8 Å². The van der Waals surface area contributed by atoms with Gasteiger partial charge in [0.2, 0.25) is 5.91 Å². The largest absolute Gasteiger partial charge is 0.496 e. The SMILES string of the molecule is COc1ccccc1C(=O)N/N=C(\C)CC(=O)Nc1cccc(I)c1. The molecule has 0 spiro atoms. The zero-order valence-electron chi connectivity index (χ0n) is 13.9. The van der Waals surface area contributed by atoms with Crippen LogP contribution in [0.5, 0.6) is 5.75 Å². The van der Waals surface area contributed by atoms with Gasteiger partial charge in [0.15, 0.2) is 0 Å². The second-order valence-corrected chi connectivity index (χ2v) is 6.47. The number of halogens is 1. The van der Waals surface area contributed by atoms with Gasteiger partial charge in [0.25, 0.3) is 5.91 Å². The lowest BCUT2D eigenvalue weighted by atomic mass is 10.2. The highest BCUT2D eigenvalue weighted by atomic mass is 127. The van der Waals surface area contributed by atoms with Gasteiger partial charge in [0.1, 0.15) is 5.75 Å². The van der Waals surface area contributed by atoms with Gasteiger partial charge < -0.3 is 10.1 Å². The van der Waals surface area contributed by atoms with Crippen molar-refractivity contribution in [2.24, 2.45) is 5.10 Å². The lowest BCUT2D eigenvalue weighted by Gasteiger charge is -2.08. The quantitative estimate of drug-likeness (QED) is 0.401. The number of carbonyl (C=O) groups excluding carboxylic acids is 2. The van der Waals surface area contributed by atoms with Crippen LogP contribution >= 0.6 is 22.6 Å². The fourth-order valence-electron chi connectivity index (χ4n) is 2.08. The number of benzene rings is 2. The van der Waals surface area contributed by atoms with Gasteiger partial charge in [0.05, 0.1) is 19.1 Å². The number of amides is 2. The summed E-state index contributed by atoms with van der Waals surface area (Å²) < 4.78 is 6.17. The fourth-order valence-corrected chi connectivity index (χ4v) is 2.63. The first-order valence-electron chi connectivity index (χ1n) is 7.51.